The quantitative estimate of drug-likeness (QED) is 0.225. The Morgan fingerprint density at radius 1 is 1.12 bits per heavy atom. The summed E-state index contributed by atoms with van der Waals surface area (Å²) < 4.78 is 60.7. The van der Waals surface area contributed by atoms with Crippen LogP contribution >= 0.6 is 11.6 Å². The van der Waals surface area contributed by atoms with Crippen molar-refractivity contribution in [1.82, 2.24) is 14.1 Å². The second kappa shape index (κ2) is 13.0. The fraction of sp³-hybridized carbons (Fsp3) is 0.259. The number of ether oxygens (including phenoxy) is 1. The molecule has 41 heavy (non-hydrogen) atoms. The summed E-state index contributed by atoms with van der Waals surface area (Å²) in [5.41, 5.74) is -6.33. The molecule has 1 aliphatic rings. The van der Waals surface area contributed by atoms with Crippen molar-refractivity contribution in [2.75, 3.05) is 0 Å². The Balaban J connectivity index is 0.000000681. The molecule has 1 aliphatic carbocycles. The van der Waals surface area contributed by atoms with Crippen LogP contribution in [0.1, 0.15) is 26.0 Å². The van der Waals surface area contributed by atoms with E-state index in [0.29, 0.717) is 0 Å². The third kappa shape index (κ3) is 7.30. The van der Waals surface area contributed by atoms with Crippen LogP contribution in [0.4, 0.5) is 17.6 Å². The number of allylic oxidation sites excluding steroid dienone is 2. The van der Waals surface area contributed by atoms with Crippen molar-refractivity contribution < 1.29 is 36.9 Å². The van der Waals surface area contributed by atoms with E-state index in [1.54, 1.807) is 37.5 Å². The van der Waals surface area contributed by atoms with Crippen LogP contribution < -0.4 is 16.0 Å². The summed E-state index contributed by atoms with van der Waals surface area (Å²) in [6.45, 7) is 2.84. The number of aromatic nitrogens is 3. The number of rotatable bonds is 6. The van der Waals surface area contributed by atoms with Gasteiger partial charge in [-0.05, 0) is 36.8 Å². The second-order valence-corrected chi connectivity index (χ2v) is 8.95. The maximum atomic E-state index is 14.8. The topological polar surface area (TPSA) is 102 Å². The van der Waals surface area contributed by atoms with Crippen molar-refractivity contribution in [1.29, 1.82) is 0 Å². The molecule has 2 unspecified atom stereocenters. The van der Waals surface area contributed by atoms with Crippen molar-refractivity contribution in [3.8, 4) is 11.4 Å². The first-order chi connectivity index (χ1) is 19.3. The third-order valence-corrected chi connectivity index (χ3v) is 6.09. The number of alkyl halides is 3. The van der Waals surface area contributed by atoms with E-state index >= 15 is 0 Å². The molecule has 0 aliphatic heterocycles. The first kappa shape index (κ1) is 31.3. The molecule has 0 fully saturated rings. The van der Waals surface area contributed by atoms with E-state index in [1.807, 2.05) is 18.2 Å². The number of hydrogen-bond acceptors (Lipinski definition) is 7. The van der Waals surface area contributed by atoms with Crippen molar-refractivity contribution in [2.24, 2.45) is 7.05 Å². The number of halogens is 5. The molecule has 0 saturated carbocycles. The van der Waals surface area contributed by atoms with E-state index in [9.17, 15) is 31.9 Å². The number of benzene rings is 1. The zero-order valence-electron chi connectivity index (χ0n) is 21.9. The Morgan fingerprint density at radius 3 is 2.34 bits per heavy atom. The lowest BCUT2D eigenvalue weighted by atomic mass is 9.89. The van der Waals surface area contributed by atoms with Gasteiger partial charge in [0.25, 0.3) is 5.56 Å². The van der Waals surface area contributed by atoms with Gasteiger partial charge in [-0.2, -0.15) is 18.1 Å². The Morgan fingerprint density at radius 2 is 1.80 bits per heavy atom. The molecule has 4 rings (SSSR count). The first-order valence-electron chi connectivity index (χ1n) is 11.9. The summed E-state index contributed by atoms with van der Waals surface area (Å²) in [7, 11) is 0.800. The summed E-state index contributed by atoms with van der Waals surface area (Å²) >= 11 is 6.15. The zero-order valence-corrected chi connectivity index (χ0v) is 22.6. The number of nitrogens with zero attached hydrogens (tertiary/aromatic N) is 3. The minimum atomic E-state index is -4.98. The number of carbonyl (C=O) groups is 1. The fourth-order valence-corrected chi connectivity index (χ4v) is 3.95. The molecule has 9 nitrogen and oxygen atoms in total. The average Bonchev–Trinajstić information content (AvgIpc) is 2.93. The summed E-state index contributed by atoms with van der Waals surface area (Å²) in [6, 6.07) is 7.57. The smallest absolute Gasteiger partial charge is 0.431 e. The molecule has 14 heteroatoms. The Kier molecular flexibility index (Phi) is 9.89. The van der Waals surface area contributed by atoms with Crippen LogP contribution in [-0.4, -0.2) is 31.8 Å². The normalized spacial score (nSPS) is 17.9. The summed E-state index contributed by atoms with van der Waals surface area (Å²) in [5.74, 6) is -2.09. The highest BCUT2D eigenvalue weighted by atomic mass is 35.5. The van der Waals surface area contributed by atoms with Gasteiger partial charge < -0.3 is 4.74 Å². The average molecular weight is 598 g/mol. The minimum absolute atomic E-state index is 0.182. The first-order valence-corrected chi connectivity index (χ1v) is 12.3. The van der Waals surface area contributed by atoms with Crippen LogP contribution in [0.15, 0.2) is 82.7 Å². The number of hydrogen-bond donors (Lipinski definition) is 0. The Labute approximate surface area is 235 Å². The predicted octanol–water partition coefficient (Wildman–Crippen LogP) is 4.95. The molecule has 0 amide bonds. The largest absolute Gasteiger partial charge is 0.478 e. The Hall–Kier alpha value is -4.23. The molecule has 1 aromatic carbocycles. The van der Waals surface area contributed by atoms with Crippen molar-refractivity contribution in [3.05, 3.63) is 110 Å². The predicted molar refractivity (Wildman–Crippen MR) is 140 cm³/mol. The van der Waals surface area contributed by atoms with Gasteiger partial charge in [0.2, 0.25) is 0 Å². The van der Waals surface area contributed by atoms with Crippen LogP contribution in [0, 0.1) is 5.82 Å². The van der Waals surface area contributed by atoms with Gasteiger partial charge in [-0.3, -0.25) is 19.2 Å². The highest BCUT2D eigenvalue weighted by Crippen LogP contribution is 2.37. The minimum Gasteiger partial charge on any atom is -0.478 e. The molecule has 0 bridgehead atoms. The highest BCUT2D eigenvalue weighted by Gasteiger charge is 2.41. The summed E-state index contributed by atoms with van der Waals surface area (Å²) in [5, 5.41) is -0.259. The zero-order chi connectivity index (χ0) is 30.4. The van der Waals surface area contributed by atoms with Crippen LogP contribution in [0.25, 0.3) is 5.69 Å². The van der Waals surface area contributed by atoms with Gasteiger partial charge >= 0.3 is 17.8 Å². The Bertz CT molecular complexity index is 1540. The van der Waals surface area contributed by atoms with E-state index in [1.165, 1.54) is 6.08 Å². The van der Waals surface area contributed by atoms with Gasteiger partial charge in [-0.15, -0.1) is 0 Å². The van der Waals surface area contributed by atoms with E-state index in [-0.39, 0.29) is 32.4 Å². The lowest BCUT2D eigenvalue weighted by Gasteiger charge is -2.36. The van der Waals surface area contributed by atoms with Gasteiger partial charge in [0.1, 0.15) is 17.3 Å². The summed E-state index contributed by atoms with van der Waals surface area (Å²) in [4.78, 5) is 49.8. The summed E-state index contributed by atoms with van der Waals surface area (Å²) in [6.07, 6.45) is 4.10. The molecule has 2 heterocycles. The van der Waals surface area contributed by atoms with E-state index in [2.05, 4.69) is 9.87 Å². The van der Waals surface area contributed by atoms with Crippen molar-refractivity contribution in [3.63, 3.8) is 0 Å². The molecular weight excluding hydrogens is 574 g/mol. The molecular formula is C27H24ClF4N3O6. The SMILES string of the molecule is CCC1(Oc2cc(-n3c(=O)cc(C(F)(F)F)n(C)c3=O)c(F)cc2Cl)C=CC=CC1OOC(C)=O.c1ccncc1. The van der Waals surface area contributed by atoms with E-state index in [0.717, 1.165) is 26.1 Å². The van der Waals surface area contributed by atoms with Crippen LogP contribution in [0.5, 0.6) is 5.75 Å². The van der Waals surface area contributed by atoms with Crippen LogP contribution in [0.2, 0.25) is 5.02 Å². The van der Waals surface area contributed by atoms with E-state index in [4.69, 9.17) is 21.2 Å². The molecule has 0 N–H and O–H groups in total. The molecule has 2 aromatic heterocycles. The molecule has 0 spiro atoms. The van der Waals surface area contributed by atoms with Crippen molar-refractivity contribution >= 4 is 17.6 Å². The third-order valence-electron chi connectivity index (χ3n) is 5.80. The number of carbonyl (C=O) groups excluding carboxylic acids is 1. The van der Waals surface area contributed by atoms with Crippen LogP contribution in [-0.2, 0) is 27.8 Å². The van der Waals surface area contributed by atoms with Gasteiger partial charge in [0.05, 0.1) is 10.7 Å². The molecule has 0 saturated heterocycles. The second-order valence-electron chi connectivity index (χ2n) is 8.55. The molecule has 2 atom stereocenters. The van der Waals surface area contributed by atoms with Crippen molar-refractivity contribution in [2.45, 2.75) is 38.1 Å². The molecule has 0 radical (unpaired) electrons. The van der Waals surface area contributed by atoms with E-state index < -0.39 is 52.3 Å². The van der Waals surface area contributed by atoms with Gasteiger partial charge in [0.15, 0.2) is 11.7 Å². The maximum Gasteiger partial charge on any atom is 0.431 e. The molecule has 3 aromatic rings. The number of pyridine rings is 1. The van der Waals surface area contributed by atoms with Gasteiger partial charge in [-0.1, -0.05) is 36.7 Å². The fourth-order valence-electron chi connectivity index (χ4n) is 3.76. The van der Waals surface area contributed by atoms with Gasteiger partial charge in [0, 0.05) is 38.5 Å². The lowest BCUT2D eigenvalue weighted by Crippen LogP contribution is -2.47. The molecule has 218 valence electrons. The standard InChI is InChI=1S/C22H19ClF4N2O6.C5H5N/c1-4-21(8-6-5-7-18(21)35-34-12(2)30)33-16-10-15(14(24)9-13(16)23)29-19(31)11-17(22(25,26)27)28(3)20(29)32;1-2-4-6-5-3-1/h5-11,18H,4H2,1-3H3;1-5H. The monoisotopic (exact) mass is 597 g/mol. The maximum absolute atomic E-state index is 14.8. The highest BCUT2D eigenvalue weighted by molar-refractivity contribution is 6.32. The van der Waals surface area contributed by atoms with Crippen LogP contribution in [0.3, 0.4) is 0 Å². The van der Waals surface area contributed by atoms with Gasteiger partial charge in [-0.25, -0.2) is 18.5 Å². The lowest BCUT2D eigenvalue weighted by molar-refractivity contribution is -0.305.